The first-order chi connectivity index (χ1) is 7.72. The summed E-state index contributed by atoms with van der Waals surface area (Å²) in [5.41, 5.74) is 6.32. The number of rotatable bonds is 3. The third kappa shape index (κ3) is 2.60. The van der Waals surface area contributed by atoms with Crippen LogP contribution in [-0.2, 0) is 0 Å². The molecule has 0 aromatic rings. The lowest BCUT2D eigenvalue weighted by Crippen LogP contribution is -2.52. The maximum absolute atomic E-state index is 6.32. The minimum Gasteiger partial charge on any atom is -0.326 e. The molecular formula is C14H28N2. The normalized spacial score (nSPS) is 37.1. The van der Waals surface area contributed by atoms with Crippen molar-refractivity contribution in [3.05, 3.63) is 0 Å². The van der Waals surface area contributed by atoms with Gasteiger partial charge in [0.1, 0.15) is 0 Å². The predicted octanol–water partition coefficient (Wildman–Crippen LogP) is 2.77. The first-order valence-corrected chi connectivity index (χ1v) is 7.20. The highest BCUT2D eigenvalue weighted by Crippen LogP contribution is 2.32. The zero-order valence-electron chi connectivity index (χ0n) is 11.0. The summed E-state index contributed by atoms with van der Waals surface area (Å²) in [6, 6.07) is 1.90. The number of nitrogens with zero attached hydrogens (tertiary/aromatic N) is 1. The Morgan fingerprint density at radius 3 is 2.44 bits per heavy atom. The quantitative estimate of drug-likeness (QED) is 0.798. The van der Waals surface area contributed by atoms with Crippen molar-refractivity contribution in [2.24, 2.45) is 11.7 Å². The monoisotopic (exact) mass is 224 g/mol. The smallest absolute Gasteiger partial charge is 0.0249 e. The van der Waals surface area contributed by atoms with Crippen molar-refractivity contribution in [1.82, 2.24) is 4.90 Å². The van der Waals surface area contributed by atoms with Crippen molar-refractivity contribution in [2.75, 3.05) is 7.05 Å². The van der Waals surface area contributed by atoms with Crippen molar-refractivity contribution in [2.45, 2.75) is 76.4 Å². The van der Waals surface area contributed by atoms with E-state index >= 15 is 0 Å². The van der Waals surface area contributed by atoms with Crippen LogP contribution in [0.1, 0.15) is 58.3 Å². The molecule has 0 amide bonds. The molecule has 94 valence electrons. The molecule has 0 radical (unpaired) electrons. The molecule has 2 N–H and O–H groups in total. The van der Waals surface area contributed by atoms with Gasteiger partial charge in [0.2, 0.25) is 0 Å². The lowest BCUT2D eigenvalue weighted by Gasteiger charge is -2.42. The van der Waals surface area contributed by atoms with Crippen molar-refractivity contribution >= 4 is 0 Å². The Bertz CT molecular complexity index is 211. The second kappa shape index (κ2) is 5.50. The highest BCUT2D eigenvalue weighted by molar-refractivity contribution is 4.91. The van der Waals surface area contributed by atoms with Gasteiger partial charge in [0, 0.05) is 18.1 Å². The second-order valence-corrected chi connectivity index (χ2v) is 5.92. The van der Waals surface area contributed by atoms with Gasteiger partial charge >= 0.3 is 0 Å². The van der Waals surface area contributed by atoms with Crippen molar-refractivity contribution in [3.63, 3.8) is 0 Å². The second-order valence-electron chi connectivity index (χ2n) is 5.92. The number of hydrogen-bond donors (Lipinski definition) is 1. The van der Waals surface area contributed by atoms with E-state index in [-0.39, 0.29) is 0 Å². The van der Waals surface area contributed by atoms with E-state index < -0.39 is 0 Å². The van der Waals surface area contributed by atoms with Gasteiger partial charge < -0.3 is 5.73 Å². The molecule has 0 aromatic heterocycles. The van der Waals surface area contributed by atoms with E-state index in [2.05, 4.69) is 18.9 Å². The molecule has 0 aliphatic heterocycles. The molecular weight excluding hydrogens is 196 g/mol. The number of hydrogen-bond acceptors (Lipinski definition) is 2. The summed E-state index contributed by atoms with van der Waals surface area (Å²) in [7, 11) is 2.32. The Balaban J connectivity index is 1.94. The number of likely N-dealkylation sites (N-methyl/N-ethyl adjacent to an activating group) is 1. The van der Waals surface area contributed by atoms with Crippen LogP contribution in [-0.4, -0.2) is 30.1 Å². The summed E-state index contributed by atoms with van der Waals surface area (Å²) in [5.74, 6) is 0.925. The lowest BCUT2D eigenvalue weighted by atomic mass is 9.80. The fourth-order valence-electron chi connectivity index (χ4n) is 3.68. The molecule has 2 rings (SSSR count). The van der Waals surface area contributed by atoms with Gasteiger partial charge in [-0.25, -0.2) is 0 Å². The Morgan fingerprint density at radius 2 is 1.81 bits per heavy atom. The molecule has 0 saturated heterocycles. The maximum Gasteiger partial charge on any atom is 0.0249 e. The van der Waals surface area contributed by atoms with Crippen LogP contribution in [0.15, 0.2) is 0 Å². The standard InChI is InChI=1S/C14H28N2/c1-3-11-8-9-13(15)14(10-11)16(2)12-6-4-5-7-12/h11-14H,3-10,15H2,1-2H3. The molecule has 2 aliphatic carbocycles. The Morgan fingerprint density at radius 1 is 1.12 bits per heavy atom. The van der Waals surface area contributed by atoms with Crippen LogP contribution in [0.25, 0.3) is 0 Å². The van der Waals surface area contributed by atoms with Gasteiger partial charge in [-0.3, -0.25) is 4.90 Å². The summed E-state index contributed by atoms with van der Waals surface area (Å²) in [6.07, 6.45) is 10.9. The van der Waals surface area contributed by atoms with Crippen LogP contribution in [0.2, 0.25) is 0 Å². The highest BCUT2D eigenvalue weighted by atomic mass is 15.2. The SMILES string of the molecule is CCC1CCC(N)C(N(C)C2CCCC2)C1. The summed E-state index contributed by atoms with van der Waals surface area (Å²) in [5, 5.41) is 0. The molecule has 2 nitrogen and oxygen atoms in total. The van der Waals surface area contributed by atoms with E-state index in [0.717, 1.165) is 12.0 Å². The summed E-state index contributed by atoms with van der Waals surface area (Å²) in [6.45, 7) is 2.33. The van der Waals surface area contributed by atoms with Gasteiger partial charge in [-0.2, -0.15) is 0 Å². The summed E-state index contributed by atoms with van der Waals surface area (Å²) >= 11 is 0. The summed E-state index contributed by atoms with van der Waals surface area (Å²) < 4.78 is 0. The van der Waals surface area contributed by atoms with Gasteiger partial charge in [-0.05, 0) is 45.1 Å². The molecule has 3 unspecified atom stereocenters. The number of nitrogens with two attached hydrogens (primary N) is 1. The molecule has 0 spiro atoms. The first-order valence-electron chi connectivity index (χ1n) is 7.20. The maximum atomic E-state index is 6.32. The van der Waals surface area contributed by atoms with Gasteiger partial charge in [0.15, 0.2) is 0 Å². The molecule has 0 heterocycles. The molecule has 0 aromatic carbocycles. The van der Waals surface area contributed by atoms with Crippen LogP contribution in [0.5, 0.6) is 0 Å². The van der Waals surface area contributed by atoms with Crippen LogP contribution >= 0.6 is 0 Å². The van der Waals surface area contributed by atoms with Crippen LogP contribution < -0.4 is 5.73 Å². The minimum atomic E-state index is 0.424. The van der Waals surface area contributed by atoms with E-state index in [1.165, 1.54) is 51.4 Å². The molecule has 2 heteroatoms. The average Bonchev–Trinajstić information content (AvgIpc) is 2.82. The van der Waals surface area contributed by atoms with E-state index in [0.29, 0.717) is 12.1 Å². The average molecular weight is 224 g/mol. The van der Waals surface area contributed by atoms with Gasteiger partial charge in [0.25, 0.3) is 0 Å². The van der Waals surface area contributed by atoms with Gasteiger partial charge in [0.05, 0.1) is 0 Å². The molecule has 0 bridgehead atoms. The molecule has 16 heavy (non-hydrogen) atoms. The third-order valence-corrected chi connectivity index (χ3v) is 4.98. The van der Waals surface area contributed by atoms with E-state index in [4.69, 9.17) is 5.73 Å². The molecule has 3 atom stereocenters. The third-order valence-electron chi connectivity index (χ3n) is 4.98. The predicted molar refractivity (Wildman–Crippen MR) is 69.4 cm³/mol. The zero-order valence-corrected chi connectivity index (χ0v) is 11.0. The fourth-order valence-corrected chi connectivity index (χ4v) is 3.68. The van der Waals surface area contributed by atoms with Crippen molar-refractivity contribution < 1.29 is 0 Å². The fraction of sp³-hybridized carbons (Fsp3) is 1.00. The van der Waals surface area contributed by atoms with Gasteiger partial charge in [-0.1, -0.05) is 26.2 Å². The highest BCUT2D eigenvalue weighted by Gasteiger charge is 2.33. The first kappa shape index (κ1) is 12.4. The van der Waals surface area contributed by atoms with Crippen LogP contribution in [0.3, 0.4) is 0 Å². The van der Waals surface area contributed by atoms with Crippen molar-refractivity contribution in [1.29, 1.82) is 0 Å². The van der Waals surface area contributed by atoms with Gasteiger partial charge in [-0.15, -0.1) is 0 Å². The lowest BCUT2D eigenvalue weighted by molar-refractivity contribution is 0.0977. The minimum absolute atomic E-state index is 0.424. The van der Waals surface area contributed by atoms with E-state index in [1.807, 2.05) is 0 Å². The van der Waals surface area contributed by atoms with E-state index in [9.17, 15) is 0 Å². The van der Waals surface area contributed by atoms with Crippen LogP contribution in [0, 0.1) is 5.92 Å². The molecule has 2 aliphatic rings. The Labute approximate surface area is 101 Å². The Kier molecular flexibility index (Phi) is 4.26. The van der Waals surface area contributed by atoms with Crippen LogP contribution in [0.4, 0.5) is 0 Å². The summed E-state index contributed by atoms with van der Waals surface area (Å²) in [4.78, 5) is 2.62. The molecule has 2 fully saturated rings. The largest absolute Gasteiger partial charge is 0.326 e. The topological polar surface area (TPSA) is 29.3 Å². The zero-order chi connectivity index (χ0) is 11.5. The van der Waals surface area contributed by atoms with E-state index in [1.54, 1.807) is 0 Å². The van der Waals surface area contributed by atoms with Crippen molar-refractivity contribution in [3.8, 4) is 0 Å². The molecule has 2 saturated carbocycles. The Hall–Kier alpha value is -0.0800.